The molecule has 134 valence electrons. The lowest BCUT2D eigenvalue weighted by Gasteiger charge is -2.00. The van der Waals surface area contributed by atoms with Crippen LogP contribution in [0.15, 0.2) is 73.1 Å². The number of rotatable bonds is 2. The maximum Gasteiger partial charge on any atom is 0.283 e. The quantitative estimate of drug-likeness (QED) is 0.232. The van der Waals surface area contributed by atoms with Crippen molar-refractivity contribution >= 4 is 33.2 Å². The van der Waals surface area contributed by atoms with Gasteiger partial charge in [0, 0.05) is 30.5 Å². The summed E-state index contributed by atoms with van der Waals surface area (Å²) in [4.78, 5) is 24.3. The van der Waals surface area contributed by atoms with Crippen molar-refractivity contribution in [3.05, 3.63) is 98.5 Å². The van der Waals surface area contributed by atoms with E-state index in [9.17, 15) is 25.4 Å². The first kappa shape index (κ1) is 17.7. The number of hydrogen-bond acceptors (Lipinski definition) is 6. The fourth-order valence-corrected chi connectivity index (χ4v) is 2.61. The Morgan fingerprint density at radius 3 is 2.11 bits per heavy atom. The van der Waals surface area contributed by atoms with Gasteiger partial charge in [-0.3, -0.25) is 25.2 Å². The van der Waals surface area contributed by atoms with Gasteiger partial charge in [-0.05, 0) is 30.3 Å². The Morgan fingerprint density at radius 2 is 1.41 bits per heavy atom. The normalized spacial score (nSPS) is 10.2. The van der Waals surface area contributed by atoms with E-state index in [-0.39, 0.29) is 11.4 Å². The number of aromatic nitrogens is 2. The second-order valence-electron chi connectivity index (χ2n) is 5.41. The molecule has 9 nitrogen and oxygen atoms in total. The van der Waals surface area contributed by atoms with Crippen molar-refractivity contribution in [2.45, 2.75) is 0 Å². The van der Waals surface area contributed by atoms with E-state index in [4.69, 9.17) is 0 Å². The topological polar surface area (TPSA) is 126 Å². The third-order valence-electron chi connectivity index (χ3n) is 3.80. The molecule has 4 aromatic rings. The van der Waals surface area contributed by atoms with Gasteiger partial charge < -0.3 is 5.21 Å². The van der Waals surface area contributed by atoms with Gasteiger partial charge in [-0.25, -0.2) is 0 Å². The molecule has 0 bridgehead atoms. The highest BCUT2D eigenvalue weighted by Gasteiger charge is 2.14. The van der Waals surface area contributed by atoms with Crippen LogP contribution in [0.5, 0.6) is 0 Å². The van der Waals surface area contributed by atoms with Crippen molar-refractivity contribution in [3.63, 3.8) is 0 Å². The standard InChI is InChI=1S/C9H6N2O3.C9H6N2O2/c12-10-6-2-3-7-8(10)4-1-5-9(7)11(13)14;12-11(13)9-5-1-4-8-7(9)3-2-6-10-8/h1-6H;1-6H. The van der Waals surface area contributed by atoms with Crippen LogP contribution in [0.3, 0.4) is 0 Å². The summed E-state index contributed by atoms with van der Waals surface area (Å²) in [5.41, 5.74) is 1.01. The average Bonchev–Trinajstić information content (AvgIpc) is 2.68. The summed E-state index contributed by atoms with van der Waals surface area (Å²) in [6.45, 7) is 0. The predicted molar refractivity (Wildman–Crippen MR) is 98.0 cm³/mol. The van der Waals surface area contributed by atoms with E-state index in [0.717, 1.165) is 0 Å². The molecule has 4 rings (SSSR count). The van der Waals surface area contributed by atoms with E-state index in [1.165, 1.54) is 30.5 Å². The van der Waals surface area contributed by atoms with Crippen LogP contribution in [0.1, 0.15) is 0 Å². The summed E-state index contributed by atoms with van der Waals surface area (Å²) < 4.78 is 0.613. The Hall–Kier alpha value is -4.14. The summed E-state index contributed by atoms with van der Waals surface area (Å²) in [7, 11) is 0. The fraction of sp³-hybridized carbons (Fsp3) is 0. The molecule has 0 aliphatic rings. The monoisotopic (exact) mass is 364 g/mol. The summed E-state index contributed by atoms with van der Waals surface area (Å²) in [6, 6.07) is 15.7. The summed E-state index contributed by atoms with van der Waals surface area (Å²) in [5, 5.41) is 33.4. The van der Waals surface area contributed by atoms with Crippen LogP contribution in [-0.4, -0.2) is 14.8 Å². The van der Waals surface area contributed by atoms with Crippen LogP contribution in [0.25, 0.3) is 21.8 Å². The Balaban J connectivity index is 0.000000156. The highest BCUT2D eigenvalue weighted by molar-refractivity contribution is 5.87. The summed E-state index contributed by atoms with van der Waals surface area (Å²) in [6.07, 6.45) is 2.93. The minimum absolute atomic E-state index is 0.0484. The molecule has 0 atom stereocenters. The molecule has 0 aliphatic carbocycles. The first-order valence-electron chi connectivity index (χ1n) is 7.72. The van der Waals surface area contributed by atoms with Gasteiger partial charge in [0.25, 0.3) is 11.4 Å². The average molecular weight is 364 g/mol. The Morgan fingerprint density at radius 1 is 0.778 bits per heavy atom. The maximum atomic E-state index is 11.2. The molecule has 0 saturated carbocycles. The van der Waals surface area contributed by atoms with Crippen molar-refractivity contribution in [2.75, 3.05) is 0 Å². The van der Waals surface area contributed by atoms with Gasteiger partial charge in [0.1, 0.15) is 5.39 Å². The van der Waals surface area contributed by atoms with Crippen LogP contribution in [0.2, 0.25) is 0 Å². The largest absolute Gasteiger partial charge is 0.618 e. The third-order valence-corrected chi connectivity index (χ3v) is 3.80. The molecule has 2 heterocycles. The number of pyridine rings is 2. The molecular weight excluding hydrogens is 352 g/mol. The van der Waals surface area contributed by atoms with Gasteiger partial charge in [-0.15, -0.1) is 0 Å². The Kier molecular flexibility index (Phi) is 4.84. The zero-order valence-corrected chi connectivity index (χ0v) is 13.8. The zero-order chi connectivity index (χ0) is 19.4. The minimum Gasteiger partial charge on any atom is -0.618 e. The predicted octanol–water partition coefficient (Wildman–Crippen LogP) is 3.52. The molecule has 0 radical (unpaired) electrons. The van der Waals surface area contributed by atoms with Gasteiger partial charge in [0.15, 0.2) is 6.20 Å². The molecular formula is C18H12N4O5. The summed E-state index contributed by atoms with van der Waals surface area (Å²) >= 11 is 0. The van der Waals surface area contributed by atoms with Gasteiger partial charge in [0.2, 0.25) is 5.52 Å². The number of nitrogens with zero attached hydrogens (tertiary/aromatic N) is 4. The van der Waals surface area contributed by atoms with Crippen molar-refractivity contribution in [3.8, 4) is 0 Å². The van der Waals surface area contributed by atoms with Crippen LogP contribution in [-0.2, 0) is 0 Å². The lowest BCUT2D eigenvalue weighted by atomic mass is 10.2. The van der Waals surface area contributed by atoms with E-state index >= 15 is 0 Å². The highest BCUT2D eigenvalue weighted by Crippen LogP contribution is 2.23. The van der Waals surface area contributed by atoms with Gasteiger partial charge in [0.05, 0.1) is 20.7 Å². The molecule has 0 saturated heterocycles. The van der Waals surface area contributed by atoms with Crippen LogP contribution < -0.4 is 4.73 Å². The van der Waals surface area contributed by atoms with Crippen LogP contribution in [0.4, 0.5) is 11.4 Å². The molecule has 0 spiro atoms. The molecule has 2 aromatic heterocycles. The Labute approximate surface area is 152 Å². The highest BCUT2D eigenvalue weighted by atomic mass is 16.6. The van der Waals surface area contributed by atoms with Crippen LogP contribution >= 0.6 is 0 Å². The lowest BCUT2D eigenvalue weighted by Crippen LogP contribution is -2.25. The molecule has 0 amide bonds. The molecule has 0 aliphatic heterocycles. The molecule has 0 N–H and O–H groups in total. The molecule has 0 unspecified atom stereocenters. The van der Waals surface area contributed by atoms with Gasteiger partial charge >= 0.3 is 0 Å². The number of hydrogen-bond donors (Lipinski definition) is 0. The molecule has 0 fully saturated rings. The van der Waals surface area contributed by atoms with E-state index < -0.39 is 9.85 Å². The van der Waals surface area contributed by atoms with Crippen molar-refractivity contribution in [2.24, 2.45) is 0 Å². The number of non-ortho nitro benzene ring substituents is 2. The number of fused-ring (bicyclic) bond motifs is 2. The van der Waals surface area contributed by atoms with E-state index in [2.05, 4.69) is 4.98 Å². The maximum absolute atomic E-state index is 11.2. The first-order chi connectivity index (χ1) is 13.0. The second-order valence-corrected chi connectivity index (χ2v) is 5.41. The molecule has 2 aromatic carbocycles. The third kappa shape index (κ3) is 3.61. The first-order valence-corrected chi connectivity index (χ1v) is 7.72. The second kappa shape index (κ2) is 7.40. The molecule has 9 heteroatoms. The number of nitro benzene ring substituents is 2. The van der Waals surface area contributed by atoms with Crippen molar-refractivity contribution in [1.82, 2.24) is 4.98 Å². The van der Waals surface area contributed by atoms with E-state index in [0.29, 0.717) is 26.5 Å². The lowest BCUT2D eigenvalue weighted by molar-refractivity contribution is -0.577. The summed E-state index contributed by atoms with van der Waals surface area (Å²) in [5.74, 6) is 0. The number of benzene rings is 2. The van der Waals surface area contributed by atoms with Gasteiger partial charge in [-0.2, -0.15) is 4.73 Å². The number of nitro groups is 2. The van der Waals surface area contributed by atoms with E-state index in [1.807, 2.05) is 0 Å². The minimum atomic E-state index is -0.498. The Bertz CT molecular complexity index is 1160. The van der Waals surface area contributed by atoms with Gasteiger partial charge in [-0.1, -0.05) is 6.07 Å². The van der Waals surface area contributed by atoms with Crippen molar-refractivity contribution in [1.29, 1.82) is 0 Å². The smallest absolute Gasteiger partial charge is 0.283 e. The SMILES string of the molecule is O=[N+]([O-])c1cccc2c1ccc[n+]2[O-].O=[N+]([O-])c1cccc2ncccc12. The van der Waals surface area contributed by atoms with Crippen molar-refractivity contribution < 1.29 is 14.6 Å². The fourth-order valence-electron chi connectivity index (χ4n) is 2.61. The van der Waals surface area contributed by atoms with Crippen LogP contribution in [0, 0.1) is 25.4 Å². The molecule has 27 heavy (non-hydrogen) atoms. The van der Waals surface area contributed by atoms with E-state index in [1.54, 1.807) is 42.6 Å². The zero-order valence-electron chi connectivity index (χ0n) is 13.8.